The van der Waals surface area contributed by atoms with E-state index in [1.54, 1.807) is 11.6 Å². The Morgan fingerprint density at radius 1 is 1.50 bits per heavy atom. The van der Waals surface area contributed by atoms with E-state index in [0.717, 1.165) is 16.5 Å². The van der Waals surface area contributed by atoms with Crippen LogP contribution in [0, 0.1) is 0 Å². The number of nitrogens with zero attached hydrogens (tertiary/aromatic N) is 3. The van der Waals surface area contributed by atoms with Gasteiger partial charge in [0.2, 0.25) is 11.9 Å². The first-order valence-corrected chi connectivity index (χ1v) is 8.41. The first-order chi connectivity index (χ1) is 11.5. The number of carbonyl (C=O) groups is 1. The van der Waals surface area contributed by atoms with Gasteiger partial charge in [0.15, 0.2) is 0 Å². The molecular formula is C16H18BrN5O2. The van der Waals surface area contributed by atoms with E-state index in [9.17, 15) is 4.79 Å². The van der Waals surface area contributed by atoms with Gasteiger partial charge in [0.25, 0.3) is 0 Å². The molecule has 1 unspecified atom stereocenters. The van der Waals surface area contributed by atoms with Crippen LogP contribution in [0.2, 0.25) is 0 Å². The van der Waals surface area contributed by atoms with E-state index in [2.05, 4.69) is 31.3 Å². The van der Waals surface area contributed by atoms with Crippen molar-refractivity contribution < 1.29 is 9.53 Å². The van der Waals surface area contributed by atoms with Crippen molar-refractivity contribution >= 4 is 27.8 Å². The molecule has 0 saturated heterocycles. The Labute approximate surface area is 148 Å². The molecule has 8 heteroatoms. The molecule has 3 N–H and O–H groups in total. The molecule has 24 heavy (non-hydrogen) atoms. The van der Waals surface area contributed by atoms with Gasteiger partial charge in [-0.3, -0.25) is 4.79 Å². The molecule has 1 atom stereocenters. The maximum Gasteiger partial charge on any atom is 0.248 e. The first kappa shape index (κ1) is 16.5. The monoisotopic (exact) mass is 391 g/mol. The molecule has 126 valence electrons. The van der Waals surface area contributed by atoms with Crippen LogP contribution in [0.3, 0.4) is 0 Å². The van der Waals surface area contributed by atoms with Gasteiger partial charge in [-0.25, -0.2) is 4.68 Å². The largest absolute Gasteiger partial charge is 0.493 e. The van der Waals surface area contributed by atoms with Gasteiger partial charge in [-0.05, 0) is 31.5 Å². The van der Waals surface area contributed by atoms with Gasteiger partial charge in [-0.2, -0.15) is 10.1 Å². The summed E-state index contributed by atoms with van der Waals surface area (Å²) in [5, 5.41) is 7.33. The molecule has 0 radical (unpaired) electrons. The van der Waals surface area contributed by atoms with Crippen molar-refractivity contribution in [1.29, 1.82) is 0 Å². The summed E-state index contributed by atoms with van der Waals surface area (Å²) in [6.07, 6.45) is 2.32. The number of anilines is 1. The lowest BCUT2D eigenvalue weighted by molar-refractivity contribution is -0.115. The second kappa shape index (κ2) is 6.64. The number of carbonyl (C=O) groups excluding carboxylic acids is 1. The van der Waals surface area contributed by atoms with E-state index in [4.69, 9.17) is 10.5 Å². The maximum absolute atomic E-state index is 12.1. The second-order valence-corrected chi connectivity index (χ2v) is 6.40. The SMILES string of the molecule is CCCOc1ccc(Br)cc1C1C(C(N)=O)=C(C)Nc2ncnn21. The van der Waals surface area contributed by atoms with Crippen LogP contribution in [0.5, 0.6) is 5.75 Å². The number of allylic oxidation sites excluding steroid dienone is 1. The van der Waals surface area contributed by atoms with E-state index in [1.165, 1.54) is 6.33 Å². The van der Waals surface area contributed by atoms with Gasteiger partial charge >= 0.3 is 0 Å². The van der Waals surface area contributed by atoms with Gasteiger partial charge in [-0.1, -0.05) is 22.9 Å². The maximum atomic E-state index is 12.1. The molecule has 0 aliphatic carbocycles. The summed E-state index contributed by atoms with van der Waals surface area (Å²) in [6.45, 7) is 4.42. The summed E-state index contributed by atoms with van der Waals surface area (Å²) in [5.41, 5.74) is 7.55. The summed E-state index contributed by atoms with van der Waals surface area (Å²) in [6, 6.07) is 5.20. The average molecular weight is 392 g/mol. The van der Waals surface area contributed by atoms with Crippen molar-refractivity contribution in [3.05, 3.63) is 45.8 Å². The van der Waals surface area contributed by atoms with E-state index < -0.39 is 11.9 Å². The van der Waals surface area contributed by atoms with Crippen LogP contribution in [-0.2, 0) is 4.79 Å². The number of nitrogens with one attached hydrogen (secondary N) is 1. The van der Waals surface area contributed by atoms with Crippen molar-refractivity contribution in [2.24, 2.45) is 5.73 Å². The third-order valence-electron chi connectivity index (χ3n) is 3.79. The molecule has 0 fully saturated rings. The molecule has 1 aliphatic heterocycles. The quantitative estimate of drug-likeness (QED) is 0.816. The summed E-state index contributed by atoms with van der Waals surface area (Å²) in [7, 11) is 0. The van der Waals surface area contributed by atoms with Crippen molar-refractivity contribution in [2.75, 3.05) is 11.9 Å². The Hall–Kier alpha value is -2.35. The molecule has 0 spiro atoms. The number of benzene rings is 1. The smallest absolute Gasteiger partial charge is 0.248 e. The average Bonchev–Trinajstić information content (AvgIpc) is 2.99. The molecule has 7 nitrogen and oxygen atoms in total. The Morgan fingerprint density at radius 2 is 2.29 bits per heavy atom. The number of nitrogens with two attached hydrogens (primary N) is 1. The van der Waals surface area contributed by atoms with E-state index in [1.807, 2.05) is 25.1 Å². The zero-order chi connectivity index (χ0) is 17.3. The molecular weight excluding hydrogens is 374 g/mol. The molecule has 2 aromatic rings. The van der Waals surface area contributed by atoms with Crippen LogP contribution in [0.25, 0.3) is 0 Å². The standard InChI is InChI=1S/C16H18BrN5O2/c1-3-6-24-12-5-4-10(17)7-11(12)14-13(15(18)23)9(2)21-16-19-8-20-22(14)16/h4-5,7-8,14H,3,6H2,1-2H3,(H2,18,23)(H,19,20,21). The predicted molar refractivity (Wildman–Crippen MR) is 93.6 cm³/mol. The number of rotatable bonds is 5. The molecule has 1 amide bonds. The predicted octanol–water partition coefficient (Wildman–Crippen LogP) is 2.60. The third-order valence-corrected chi connectivity index (χ3v) is 4.28. The van der Waals surface area contributed by atoms with E-state index in [-0.39, 0.29) is 0 Å². The number of fused-ring (bicyclic) bond motifs is 1. The number of ether oxygens (including phenoxy) is 1. The number of hydrogen-bond acceptors (Lipinski definition) is 5. The minimum atomic E-state index is -0.507. The van der Waals surface area contributed by atoms with Crippen molar-refractivity contribution in [3.8, 4) is 5.75 Å². The highest BCUT2D eigenvalue weighted by atomic mass is 79.9. The second-order valence-electron chi connectivity index (χ2n) is 5.49. The fraction of sp³-hybridized carbons (Fsp3) is 0.312. The van der Waals surface area contributed by atoms with Gasteiger partial charge in [0.1, 0.15) is 18.1 Å². The topological polar surface area (TPSA) is 95.1 Å². The van der Waals surface area contributed by atoms with Gasteiger partial charge < -0.3 is 15.8 Å². The summed E-state index contributed by atoms with van der Waals surface area (Å²) < 4.78 is 8.40. The molecule has 1 aliphatic rings. The van der Waals surface area contributed by atoms with Crippen LogP contribution >= 0.6 is 15.9 Å². The van der Waals surface area contributed by atoms with Gasteiger partial charge in [0.05, 0.1) is 12.2 Å². The Bertz CT molecular complexity index is 815. The molecule has 1 aromatic heterocycles. The van der Waals surface area contributed by atoms with E-state index >= 15 is 0 Å². The zero-order valence-electron chi connectivity index (χ0n) is 13.4. The fourth-order valence-corrected chi connectivity index (χ4v) is 3.15. The summed E-state index contributed by atoms with van der Waals surface area (Å²) in [5.74, 6) is 0.747. The molecule has 2 heterocycles. The lowest BCUT2D eigenvalue weighted by Gasteiger charge is -2.29. The van der Waals surface area contributed by atoms with Crippen molar-refractivity contribution in [3.63, 3.8) is 0 Å². The Kier molecular flexibility index (Phi) is 4.57. The Morgan fingerprint density at radius 3 is 3.00 bits per heavy atom. The van der Waals surface area contributed by atoms with Crippen molar-refractivity contribution in [1.82, 2.24) is 14.8 Å². The van der Waals surface area contributed by atoms with Crippen LogP contribution < -0.4 is 15.8 Å². The first-order valence-electron chi connectivity index (χ1n) is 7.62. The zero-order valence-corrected chi connectivity index (χ0v) is 15.0. The van der Waals surface area contributed by atoms with Crippen LogP contribution in [0.4, 0.5) is 5.95 Å². The number of halogens is 1. The fourth-order valence-electron chi connectivity index (χ4n) is 2.77. The van der Waals surface area contributed by atoms with Gasteiger partial charge in [0, 0.05) is 15.7 Å². The molecule has 0 saturated carbocycles. The van der Waals surface area contributed by atoms with E-state index in [0.29, 0.717) is 29.6 Å². The lowest BCUT2D eigenvalue weighted by atomic mass is 9.94. The third kappa shape index (κ3) is 2.89. The lowest BCUT2D eigenvalue weighted by Crippen LogP contribution is -2.32. The van der Waals surface area contributed by atoms with Crippen LogP contribution in [0.1, 0.15) is 31.9 Å². The summed E-state index contributed by atoms with van der Waals surface area (Å²) in [4.78, 5) is 16.3. The Balaban J connectivity index is 2.19. The number of aromatic nitrogens is 3. The molecule has 1 aromatic carbocycles. The number of hydrogen-bond donors (Lipinski definition) is 2. The number of amides is 1. The highest BCUT2D eigenvalue weighted by molar-refractivity contribution is 9.10. The summed E-state index contributed by atoms with van der Waals surface area (Å²) >= 11 is 3.49. The molecule has 0 bridgehead atoms. The molecule has 3 rings (SSSR count). The van der Waals surface area contributed by atoms with Crippen LogP contribution in [-0.4, -0.2) is 27.3 Å². The minimum Gasteiger partial charge on any atom is -0.493 e. The van der Waals surface area contributed by atoms with Gasteiger partial charge in [-0.15, -0.1) is 0 Å². The highest BCUT2D eigenvalue weighted by Gasteiger charge is 2.34. The van der Waals surface area contributed by atoms with Crippen LogP contribution in [0.15, 0.2) is 40.3 Å². The normalized spacial score (nSPS) is 16.5. The highest BCUT2D eigenvalue weighted by Crippen LogP contribution is 2.39. The van der Waals surface area contributed by atoms with Crippen molar-refractivity contribution in [2.45, 2.75) is 26.3 Å². The minimum absolute atomic E-state index is 0.437. The number of primary amides is 1.